The van der Waals surface area contributed by atoms with Crippen molar-refractivity contribution in [2.75, 3.05) is 0 Å². The lowest BCUT2D eigenvalue weighted by molar-refractivity contribution is -0.385. The molecular formula is C14H10BrNO5. The minimum Gasteiger partial charge on any atom is -0.488 e. The van der Waals surface area contributed by atoms with E-state index in [-0.39, 0.29) is 12.4 Å². The van der Waals surface area contributed by atoms with Gasteiger partial charge < -0.3 is 9.84 Å². The number of nitrogens with zero attached hydrogens (tertiary/aromatic N) is 1. The van der Waals surface area contributed by atoms with Crippen LogP contribution >= 0.6 is 15.9 Å². The van der Waals surface area contributed by atoms with Gasteiger partial charge in [-0.2, -0.15) is 0 Å². The third-order valence-electron chi connectivity index (χ3n) is 2.70. The molecule has 108 valence electrons. The van der Waals surface area contributed by atoms with Gasteiger partial charge in [-0.3, -0.25) is 10.1 Å². The fourth-order valence-electron chi connectivity index (χ4n) is 1.79. The maximum atomic E-state index is 11.2. The van der Waals surface area contributed by atoms with Gasteiger partial charge in [0.05, 0.1) is 4.92 Å². The Kier molecular flexibility index (Phi) is 4.54. The Morgan fingerprint density at radius 3 is 2.62 bits per heavy atom. The van der Waals surface area contributed by atoms with Gasteiger partial charge in [-0.15, -0.1) is 0 Å². The smallest absolute Gasteiger partial charge is 0.346 e. The largest absolute Gasteiger partial charge is 0.488 e. The standard InChI is InChI=1S/C14H10BrNO5/c15-10-4-1-3-9(7-10)8-21-12-6-2-5-11(16(19)20)13(12)14(17)18/h1-7H,8H2,(H,17,18). The molecule has 2 aromatic rings. The third-order valence-corrected chi connectivity index (χ3v) is 3.19. The molecule has 0 spiro atoms. The van der Waals surface area contributed by atoms with E-state index in [2.05, 4.69) is 15.9 Å². The van der Waals surface area contributed by atoms with Gasteiger partial charge in [0.15, 0.2) is 5.56 Å². The fourth-order valence-corrected chi connectivity index (χ4v) is 2.24. The quantitative estimate of drug-likeness (QED) is 0.656. The van der Waals surface area contributed by atoms with Gasteiger partial charge in [-0.25, -0.2) is 4.79 Å². The van der Waals surface area contributed by atoms with Crippen molar-refractivity contribution in [2.24, 2.45) is 0 Å². The van der Waals surface area contributed by atoms with Crippen LogP contribution in [0.3, 0.4) is 0 Å². The lowest BCUT2D eigenvalue weighted by Crippen LogP contribution is -2.07. The number of benzene rings is 2. The van der Waals surface area contributed by atoms with E-state index in [9.17, 15) is 14.9 Å². The lowest BCUT2D eigenvalue weighted by Gasteiger charge is -2.09. The molecule has 0 aromatic heterocycles. The number of hydrogen-bond donors (Lipinski definition) is 1. The van der Waals surface area contributed by atoms with E-state index < -0.39 is 22.1 Å². The van der Waals surface area contributed by atoms with Gasteiger partial charge in [0.25, 0.3) is 5.69 Å². The van der Waals surface area contributed by atoms with E-state index in [4.69, 9.17) is 9.84 Å². The van der Waals surface area contributed by atoms with Crippen LogP contribution in [-0.4, -0.2) is 16.0 Å². The first-order valence-electron chi connectivity index (χ1n) is 5.87. The average molecular weight is 352 g/mol. The number of halogens is 1. The Morgan fingerprint density at radius 2 is 2.00 bits per heavy atom. The Labute approximate surface area is 128 Å². The number of carboxylic acid groups (broad SMARTS) is 1. The maximum Gasteiger partial charge on any atom is 0.346 e. The summed E-state index contributed by atoms with van der Waals surface area (Å²) in [6.07, 6.45) is 0. The molecule has 21 heavy (non-hydrogen) atoms. The molecule has 0 saturated carbocycles. The van der Waals surface area contributed by atoms with Crippen LogP contribution in [0.5, 0.6) is 5.75 Å². The number of ether oxygens (including phenoxy) is 1. The van der Waals surface area contributed by atoms with Crippen LogP contribution < -0.4 is 4.74 Å². The summed E-state index contributed by atoms with van der Waals surface area (Å²) < 4.78 is 6.29. The summed E-state index contributed by atoms with van der Waals surface area (Å²) >= 11 is 3.32. The van der Waals surface area contributed by atoms with Crippen LogP contribution in [0.2, 0.25) is 0 Å². The predicted molar refractivity (Wildman–Crippen MR) is 78.5 cm³/mol. The molecule has 1 N–H and O–H groups in total. The second kappa shape index (κ2) is 6.36. The Hall–Kier alpha value is -2.41. The molecule has 0 radical (unpaired) electrons. The van der Waals surface area contributed by atoms with Crippen molar-refractivity contribution in [1.82, 2.24) is 0 Å². The van der Waals surface area contributed by atoms with Crippen LogP contribution in [0.1, 0.15) is 15.9 Å². The minimum absolute atomic E-state index is 0.0309. The Bertz CT molecular complexity index is 702. The van der Waals surface area contributed by atoms with Crippen LogP contribution in [-0.2, 0) is 6.61 Å². The zero-order chi connectivity index (χ0) is 15.4. The predicted octanol–water partition coefficient (Wildman–Crippen LogP) is 3.63. The van der Waals surface area contributed by atoms with E-state index in [0.717, 1.165) is 16.1 Å². The molecule has 0 unspecified atom stereocenters. The van der Waals surface area contributed by atoms with Crippen molar-refractivity contribution < 1.29 is 19.6 Å². The van der Waals surface area contributed by atoms with Gasteiger partial charge in [0, 0.05) is 10.5 Å². The highest BCUT2D eigenvalue weighted by Crippen LogP contribution is 2.29. The Balaban J connectivity index is 2.30. The van der Waals surface area contributed by atoms with E-state index in [0.29, 0.717) is 0 Å². The van der Waals surface area contributed by atoms with Crippen molar-refractivity contribution in [2.45, 2.75) is 6.61 Å². The summed E-state index contributed by atoms with van der Waals surface area (Å²) in [5, 5.41) is 20.0. The number of carboxylic acids is 1. The van der Waals surface area contributed by atoms with Crippen molar-refractivity contribution >= 4 is 27.6 Å². The first kappa shape index (κ1) is 15.0. The summed E-state index contributed by atoms with van der Waals surface area (Å²) in [4.78, 5) is 21.4. The number of carbonyl (C=O) groups is 1. The molecule has 0 saturated heterocycles. The third kappa shape index (κ3) is 3.57. The van der Waals surface area contributed by atoms with Gasteiger partial charge in [0.1, 0.15) is 12.4 Å². The van der Waals surface area contributed by atoms with Crippen LogP contribution in [0.4, 0.5) is 5.69 Å². The summed E-state index contributed by atoms with van der Waals surface area (Å²) in [6.45, 7) is 0.112. The molecule has 0 aliphatic heterocycles. The van der Waals surface area contributed by atoms with E-state index >= 15 is 0 Å². The second-order valence-electron chi connectivity index (χ2n) is 4.13. The number of nitro groups is 1. The van der Waals surface area contributed by atoms with Crippen LogP contribution in [0.15, 0.2) is 46.9 Å². The summed E-state index contributed by atoms with van der Waals surface area (Å²) in [6, 6.07) is 11.2. The van der Waals surface area contributed by atoms with Crippen molar-refractivity contribution in [3.63, 3.8) is 0 Å². The van der Waals surface area contributed by atoms with Gasteiger partial charge in [0.2, 0.25) is 0 Å². The second-order valence-corrected chi connectivity index (χ2v) is 5.05. The van der Waals surface area contributed by atoms with Crippen molar-refractivity contribution in [3.05, 3.63) is 68.2 Å². The SMILES string of the molecule is O=C(O)c1c(OCc2cccc(Br)c2)cccc1[N+](=O)[O-]. The first-order valence-corrected chi connectivity index (χ1v) is 6.66. The van der Waals surface area contributed by atoms with E-state index in [1.165, 1.54) is 12.1 Å². The molecule has 7 heteroatoms. The zero-order valence-corrected chi connectivity index (χ0v) is 12.2. The van der Waals surface area contributed by atoms with E-state index in [1.807, 2.05) is 24.3 Å². The molecule has 0 heterocycles. The number of nitro benzene ring substituents is 1. The van der Waals surface area contributed by atoms with E-state index in [1.54, 1.807) is 0 Å². The lowest BCUT2D eigenvalue weighted by atomic mass is 10.1. The van der Waals surface area contributed by atoms with Crippen molar-refractivity contribution in [1.29, 1.82) is 0 Å². The molecule has 0 aliphatic rings. The number of rotatable bonds is 5. The molecule has 0 bridgehead atoms. The van der Waals surface area contributed by atoms with Crippen LogP contribution in [0, 0.1) is 10.1 Å². The summed E-state index contributed by atoms with van der Waals surface area (Å²) in [5.74, 6) is -1.43. The maximum absolute atomic E-state index is 11.2. The molecule has 2 aromatic carbocycles. The molecule has 2 rings (SSSR count). The molecule has 0 fully saturated rings. The van der Waals surface area contributed by atoms with Gasteiger partial charge in [-0.1, -0.05) is 34.1 Å². The number of aromatic carboxylic acids is 1. The molecule has 0 atom stereocenters. The monoisotopic (exact) mass is 351 g/mol. The molecule has 0 aliphatic carbocycles. The number of hydrogen-bond acceptors (Lipinski definition) is 4. The van der Waals surface area contributed by atoms with Crippen LogP contribution in [0.25, 0.3) is 0 Å². The summed E-state index contributed by atoms with van der Waals surface area (Å²) in [7, 11) is 0. The summed E-state index contributed by atoms with van der Waals surface area (Å²) in [5.41, 5.74) is -0.126. The molecule has 6 nitrogen and oxygen atoms in total. The van der Waals surface area contributed by atoms with Gasteiger partial charge in [-0.05, 0) is 23.8 Å². The molecular weight excluding hydrogens is 342 g/mol. The normalized spacial score (nSPS) is 10.1. The van der Waals surface area contributed by atoms with Crippen molar-refractivity contribution in [3.8, 4) is 5.75 Å². The highest BCUT2D eigenvalue weighted by atomic mass is 79.9. The minimum atomic E-state index is -1.40. The Morgan fingerprint density at radius 1 is 1.29 bits per heavy atom. The van der Waals surface area contributed by atoms with Gasteiger partial charge >= 0.3 is 5.97 Å². The average Bonchev–Trinajstić information content (AvgIpc) is 2.44. The fraction of sp³-hybridized carbons (Fsp3) is 0.0714. The highest BCUT2D eigenvalue weighted by molar-refractivity contribution is 9.10. The first-order chi connectivity index (χ1) is 9.99. The topological polar surface area (TPSA) is 89.7 Å². The zero-order valence-electron chi connectivity index (χ0n) is 10.7. The molecule has 0 amide bonds. The highest BCUT2D eigenvalue weighted by Gasteiger charge is 2.24.